The van der Waals surface area contributed by atoms with Crippen LogP contribution in [0.3, 0.4) is 0 Å². The van der Waals surface area contributed by atoms with Gasteiger partial charge in [-0.05, 0) is 29.8 Å². The number of phenolic OH excluding ortho intramolecular Hbond substituents is 1. The molecule has 25 heavy (non-hydrogen) atoms. The lowest BCUT2D eigenvalue weighted by Gasteiger charge is -2.10. The number of benzene rings is 2. The number of hydrogen-bond donors (Lipinski definition) is 1. The normalized spacial score (nSPS) is 14.6. The second-order valence-corrected chi connectivity index (χ2v) is 5.47. The molecule has 0 aliphatic carbocycles. The number of Topliss-reactive ketones (excluding diaryl/α,β-unsaturated/α-hetero) is 1. The molecule has 1 aliphatic heterocycles. The van der Waals surface area contributed by atoms with Gasteiger partial charge in [-0.25, -0.2) is 0 Å². The van der Waals surface area contributed by atoms with Crippen molar-refractivity contribution < 1.29 is 28.5 Å². The third-order valence-electron chi connectivity index (χ3n) is 4.02. The molecular weight excluding hydrogens is 324 g/mol. The van der Waals surface area contributed by atoms with Crippen molar-refractivity contribution in [3.8, 4) is 23.0 Å². The molecule has 0 saturated heterocycles. The summed E-state index contributed by atoms with van der Waals surface area (Å²) in [4.78, 5) is 12.9. The number of carbonyl (C=O) groups excluding carboxylic acids is 1. The predicted octanol–water partition coefficient (Wildman–Crippen LogP) is 3.77. The number of rotatable bonds is 3. The van der Waals surface area contributed by atoms with Crippen LogP contribution in [-0.4, -0.2) is 25.1 Å². The van der Waals surface area contributed by atoms with Crippen LogP contribution in [0.15, 0.2) is 46.8 Å². The van der Waals surface area contributed by atoms with Crippen molar-refractivity contribution in [3.63, 3.8) is 0 Å². The Labute approximate surface area is 142 Å². The Morgan fingerprint density at radius 1 is 1.12 bits per heavy atom. The van der Waals surface area contributed by atoms with Crippen LogP contribution in [-0.2, 0) is 0 Å². The lowest BCUT2D eigenvalue weighted by atomic mass is 10.0. The first-order chi connectivity index (χ1) is 12.1. The van der Waals surface area contributed by atoms with Gasteiger partial charge in [-0.3, -0.25) is 4.79 Å². The van der Waals surface area contributed by atoms with E-state index in [-0.39, 0.29) is 23.0 Å². The third kappa shape index (κ3) is 2.22. The number of hydrogen-bond acceptors (Lipinski definition) is 6. The van der Waals surface area contributed by atoms with Gasteiger partial charge in [-0.15, -0.1) is 0 Å². The monoisotopic (exact) mass is 338 g/mol. The summed E-state index contributed by atoms with van der Waals surface area (Å²) < 4.78 is 22.1. The molecule has 0 saturated carbocycles. The summed E-state index contributed by atoms with van der Waals surface area (Å²) in [6, 6.07) is 8.23. The first-order valence-corrected chi connectivity index (χ1v) is 7.52. The maximum Gasteiger partial charge on any atom is 0.235 e. The first kappa shape index (κ1) is 15.1. The SMILES string of the molecule is COc1c2c(c(OC)c3occc13)O/C(=C/c1cccc(O)c1)C2=O. The number of methoxy groups -OCH3 is 2. The second kappa shape index (κ2) is 5.59. The highest BCUT2D eigenvalue weighted by atomic mass is 16.5. The highest BCUT2D eigenvalue weighted by Gasteiger charge is 2.37. The van der Waals surface area contributed by atoms with Crippen LogP contribution in [0.4, 0.5) is 0 Å². The van der Waals surface area contributed by atoms with Crippen LogP contribution >= 0.6 is 0 Å². The van der Waals surface area contributed by atoms with Gasteiger partial charge in [0.15, 0.2) is 17.1 Å². The van der Waals surface area contributed by atoms with E-state index in [0.29, 0.717) is 33.6 Å². The van der Waals surface area contributed by atoms with Crippen molar-refractivity contribution in [1.29, 1.82) is 0 Å². The fourth-order valence-corrected chi connectivity index (χ4v) is 2.96. The Bertz CT molecular complexity index is 1030. The van der Waals surface area contributed by atoms with Crippen molar-refractivity contribution in [2.24, 2.45) is 0 Å². The molecule has 1 N–H and O–H groups in total. The molecule has 0 amide bonds. The summed E-state index contributed by atoms with van der Waals surface area (Å²) in [7, 11) is 2.97. The van der Waals surface area contributed by atoms with Gasteiger partial charge in [0.1, 0.15) is 17.1 Å². The van der Waals surface area contributed by atoms with Gasteiger partial charge in [0.05, 0.1) is 25.9 Å². The maximum absolute atomic E-state index is 12.9. The molecule has 0 bridgehead atoms. The second-order valence-electron chi connectivity index (χ2n) is 5.47. The summed E-state index contributed by atoms with van der Waals surface area (Å²) in [6.45, 7) is 0. The summed E-state index contributed by atoms with van der Waals surface area (Å²) >= 11 is 0. The molecule has 1 aromatic heterocycles. The number of ether oxygens (including phenoxy) is 3. The quantitative estimate of drug-likeness (QED) is 0.733. The predicted molar refractivity (Wildman–Crippen MR) is 90.4 cm³/mol. The Morgan fingerprint density at radius 3 is 2.64 bits per heavy atom. The Balaban J connectivity index is 1.92. The Morgan fingerprint density at radius 2 is 1.92 bits per heavy atom. The molecule has 2 heterocycles. The number of ketones is 1. The fraction of sp³-hybridized carbons (Fsp3) is 0.105. The lowest BCUT2D eigenvalue weighted by molar-refractivity contribution is 0.101. The van der Waals surface area contributed by atoms with Gasteiger partial charge < -0.3 is 23.7 Å². The van der Waals surface area contributed by atoms with E-state index in [9.17, 15) is 9.90 Å². The summed E-state index contributed by atoms with van der Waals surface area (Å²) in [6.07, 6.45) is 3.06. The van der Waals surface area contributed by atoms with E-state index >= 15 is 0 Å². The molecule has 126 valence electrons. The topological polar surface area (TPSA) is 78.1 Å². The number of aromatic hydroxyl groups is 1. The average Bonchev–Trinajstić information content (AvgIpc) is 3.19. The number of allylic oxidation sites excluding steroid dienone is 1. The van der Waals surface area contributed by atoms with Crippen LogP contribution < -0.4 is 14.2 Å². The van der Waals surface area contributed by atoms with Crippen molar-refractivity contribution in [2.45, 2.75) is 0 Å². The van der Waals surface area contributed by atoms with Crippen molar-refractivity contribution >= 4 is 22.8 Å². The van der Waals surface area contributed by atoms with Gasteiger partial charge >= 0.3 is 0 Å². The summed E-state index contributed by atoms with van der Waals surface area (Å²) in [5.41, 5.74) is 1.38. The van der Waals surface area contributed by atoms with Crippen LogP contribution in [0, 0.1) is 0 Å². The van der Waals surface area contributed by atoms with Crippen molar-refractivity contribution in [1.82, 2.24) is 0 Å². The Kier molecular flexibility index (Phi) is 3.39. The molecule has 0 fully saturated rings. The third-order valence-corrected chi connectivity index (χ3v) is 4.02. The molecule has 0 spiro atoms. The van der Waals surface area contributed by atoms with Gasteiger partial charge in [-0.1, -0.05) is 12.1 Å². The van der Waals surface area contributed by atoms with Crippen LogP contribution in [0.5, 0.6) is 23.0 Å². The van der Waals surface area contributed by atoms with Crippen LogP contribution in [0.2, 0.25) is 0 Å². The number of phenols is 1. The molecule has 4 rings (SSSR count). The standard InChI is InChI=1S/C19H14O6/c1-22-16-12-6-7-24-17(12)19(23-2)18-14(16)15(21)13(25-18)9-10-4-3-5-11(20)8-10/h3-9,20H,1-2H3/b13-9+. The van der Waals surface area contributed by atoms with Gasteiger partial charge in [0.2, 0.25) is 11.5 Å². The zero-order chi connectivity index (χ0) is 17.6. The van der Waals surface area contributed by atoms with Crippen molar-refractivity contribution in [2.75, 3.05) is 14.2 Å². The minimum Gasteiger partial charge on any atom is -0.508 e. The van der Waals surface area contributed by atoms with Gasteiger partial charge in [-0.2, -0.15) is 0 Å². The number of carbonyl (C=O) groups is 1. The van der Waals surface area contributed by atoms with Crippen LogP contribution in [0.25, 0.3) is 17.0 Å². The van der Waals surface area contributed by atoms with Crippen molar-refractivity contribution in [3.05, 3.63) is 53.5 Å². The average molecular weight is 338 g/mol. The minimum absolute atomic E-state index is 0.102. The van der Waals surface area contributed by atoms with Crippen LogP contribution in [0.1, 0.15) is 15.9 Å². The fourth-order valence-electron chi connectivity index (χ4n) is 2.96. The van der Waals surface area contributed by atoms with Gasteiger partial charge in [0, 0.05) is 0 Å². The maximum atomic E-state index is 12.9. The zero-order valence-corrected chi connectivity index (χ0v) is 13.5. The smallest absolute Gasteiger partial charge is 0.235 e. The van der Waals surface area contributed by atoms with E-state index in [1.807, 2.05) is 0 Å². The van der Waals surface area contributed by atoms with E-state index in [2.05, 4.69) is 0 Å². The molecular formula is C19H14O6. The highest BCUT2D eigenvalue weighted by Crippen LogP contribution is 2.50. The molecule has 0 atom stereocenters. The minimum atomic E-state index is -0.323. The number of fused-ring (bicyclic) bond motifs is 2. The van der Waals surface area contributed by atoms with Gasteiger partial charge in [0.25, 0.3) is 0 Å². The first-order valence-electron chi connectivity index (χ1n) is 7.52. The summed E-state index contributed by atoms with van der Waals surface area (Å²) in [5, 5.41) is 10.2. The van der Waals surface area contributed by atoms with E-state index in [4.69, 9.17) is 18.6 Å². The largest absolute Gasteiger partial charge is 0.508 e. The molecule has 6 heteroatoms. The zero-order valence-electron chi connectivity index (χ0n) is 13.5. The highest BCUT2D eigenvalue weighted by molar-refractivity contribution is 6.20. The van der Waals surface area contributed by atoms with E-state index in [1.165, 1.54) is 26.5 Å². The van der Waals surface area contributed by atoms with E-state index in [0.717, 1.165) is 0 Å². The summed E-state index contributed by atoms with van der Waals surface area (Å²) in [5.74, 6) is 0.872. The molecule has 6 nitrogen and oxygen atoms in total. The molecule has 1 aliphatic rings. The molecule has 0 radical (unpaired) electrons. The van der Waals surface area contributed by atoms with E-state index in [1.54, 1.807) is 30.3 Å². The molecule has 0 unspecified atom stereocenters. The molecule has 3 aromatic rings. The Hall–Kier alpha value is -3.41. The number of furan rings is 1. The lowest BCUT2D eigenvalue weighted by Crippen LogP contribution is -2.00. The molecule has 2 aromatic carbocycles. The van der Waals surface area contributed by atoms with E-state index < -0.39 is 0 Å².